The minimum atomic E-state index is -0.852. The number of rotatable bonds is 3. The number of hydrogen-bond donors (Lipinski definition) is 1. The summed E-state index contributed by atoms with van der Waals surface area (Å²) < 4.78 is 5.26. The molecule has 3 nitrogen and oxygen atoms in total. The fraction of sp³-hybridized carbons (Fsp3) is 0.625. The Balaban J connectivity index is 2.23. The van der Waals surface area contributed by atoms with Gasteiger partial charge in [-0.15, -0.1) is 0 Å². The lowest BCUT2D eigenvalue weighted by atomic mass is 9.88. The third kappa shape index (κ3) is 2.35. The molecule has 11 heavy (non-hydrogen) atoms. The van der Waals surface area contributed by atoms with Crippen molar-refractivity contribution in [2.24, 2.45) is 0 Å². The van der Waals surface area contributed by atoms with E-state index in [2.05, 4.69) is 0 Å². The third-order valence-corrected chi connectivity index (χ3v) is 1.71. The molecule has 1 N–H and O–H groups in total. The molecular weight excluding hydrogens is 144 g/mol. The second kappa shape index (κ2) is 3.53. The zero-order chi connectivity index (χ0) is 8.27. The summed E-state index contributed by atoms with van der Waals surface area (Å²) in [6.45, 7) is 2.66. The SMILES string of the molecule is CCOC1CC(=CC(=O)O)C1. The van der Waals surface area contributed by atoms with Gasteiger partial charge in [0.2, 0.25) is 0 Å². The number of ether oxygens (including phenoxy) is 1. The van der Waals surface area contributed by atoms with E-state index in [1.807, 2.05) is 6.92 Å². The molecule has 0 radical (unpaired) electrons. The van der Waals surface area contributed by atoms with E-state index in [0.29, 0.717) is 6.61 Å². The smallest absolute Gasteiger partial charge is 0.328 e. The van der Waals surface area contributed by atoms with Gasteiger partial charge < -0.3 is 9.84 Å². The van der Waals surface area contributed by atoms with E-state index in [4.69, 9.17) is 9.84 Å². The van der Waals surface area contributed by atoms with E-state index in [0.717, 1.165) is 18.4 Å². The first-order valence-electron chi connectivity index (χ1n) is 3.76. The standard InChI is InChI=1S/C8H12O3/c1-2-11-7-3-6(4-7)5-8(9)10/h5,7H,2-4H2,1H3,(H,9,10). The molecule has 0 spiro atoms. The Hall–Kier alpha value is -0.830. The van der Waals surface area contributed by atoms with Crippen LogP contribution < -0.4 is 0 Å². The summed E-state index contributed by atoms with van der Waals surface area (Å²) in [5.41, 5.74) is 0.982. The number of hydrogen-bond acceptors (Lipinski definition) is 2. The number of carbonyl (C=O) groups is 1. The predicted octanol–water partition coefficient (Wildman–Crippen LogP) is 1.20. The molecule has 0 atom stereocenters. The Morgan fingerprint density at radius 2 is 2.45 bits per heavy atom. The maximum absolute atomic E-state index is 10.1. The summed E-state index contributed by atoms with van der Waals surface area (Å²) in [6.07, 6.45) is 3.13. The van der Waals surface area contributed by atoms with Gasteiger partial charge in [-0.3, -0.25) is 0 Å². The van der Waals surface area contributed by atoms with Crippen molar-refractivity contribution in [1.82, 2.24) is 0 Å². The second-order valence-corrected chi connectivity index (χ2v) is 2.63. The van der Waals surface area contributed by atoms with E-state index in [1.165, 1.54) is 6.08 Å². The topological polar surface area (TPSA) is 46.5 Å². The van der Waals surface area contributed by atoms with E-state index in [1.54, 1.807) is 0 Å². The molecule has 1 aliphatic carbocycles. The van der Waals surface area contributed by atoms with Crippen molar-refractivity contribution >= 4 is 5.97 Å². The van der Waals surface area contributed by atoms with Crippen LogP contribution in [-0.4, -0.2) is 23.8 Å². The first kappa shape index (κ1) is 8.27. The van der Waals surface area contributed by atoms with Crippen molar-refractivity contribution in [3.63, 3.8) is 0 Å². The van der Waals surface area contributed by atoms with Crippen molar-refractivity contribution in [2.75, 3.05) is 6.61 Å². The van der Waals surface area contributed by atoms with Gasteiger partial charge in [0.15, 0.2) is 0 Å². The minimum Gasteiger partial charge on any atom is -0.478 e. The van der Waals surface area contributed by atoms with Gasteiger partial charge in [0, 0.05) is 12.7 Å². The molecule has 1 aliphatic rings. The molecule has 0 unspecified atom stereocenters. The average Bonchev–Trinajstić information content (AvgIpc) is 1.82. The number of carboxylic acid groups (broad SMARTS) is 1. The van der Waals surface area contributed by atoms with E-state index >= 15 is 0 Å². The Labute approximate surface area is 65.7 Å². The van der Waals surface area contributed by atoms with Crippen LogP contribution in [0.1, 0.15) is 19.8 Å². The molecule has 0 saturated heterocycles. The van der Waals surface area contributed by atoms with Crippen LogP contribution in [-0.2, 0) is 9.53 Å². The lowest BCUT2D eigenvalue weighted by Gasteiger charge is -2.28. The van der Waals surface area contributed by atoms with Crippen LogP contribution in [0.4, 0.5) is 0 Å². The highest BCUT2D eigenvalue weighted by atomic mass is 16.5. The highest BCUT2D eigenvalue weighted by Crippen LogP contribution is 2.28. The summed E-state index contributed by atoms with van der Waals surface area (Å²) in [7, 11) is 0. The Kier molecular flexibility index (Phi) is 2.65. The summed E-state index contributed by atoms with van der Waals surface area (Å²) in [4.78, 5) is 10.1. The highest BCUT2D eigenvalue weighted by molar-refractivity contribution is 5.81. The van der Waals surface area contributed by atoms with Crippen LogP contribution in [0.3, 0.4) is 0 Å². The average molecular weight is 156 g/mol. The van der Waals surface area contributed by atoms with Crippen molar-refractivity contribution in [3.05, 3.63) is 11.6 Å². The van der Waals surface area contributed by atoms with Gasteiger partial charge in [-0.2, -0.15) is 0 Å². The van der Waals surface area contributed by atoms with Crippen molar-refractivity contribution < 1.29 is 14.6 Å². The molecular formula is C8H12O3. The van der Waals surface area contributed by atoms with Gasteiger partial charge in [0.1, 0.15) is 0 Å². The second-order valence-electron chi connectivity index (χ2n) is 2.63. The largest absolute Gasteiger partial charge is 0.478 e. The van der Waals surface area contributed by atoms with Gasteiger partial charge in [-0.1, -0.05) is 5.57 Å². The maximum atomic E-state index is 10.1. The fourth-order valence-electron chi connectivity index (χ4n) is 1.17. The molecule has 1 fully saturated rings. The zero-order valence-corrected chi connectivity index (χ0v) is 6.54. The lowest BCUT2D eigenvalue weighted by Crippen LogP contribution is -2.24. The van der Waals surface area contributed by atoms with Gasteiger partial charge in [0.25, 0.3) is 0 Å². The monoisotopic (exact) mass is 156 g/mol. The Morgan fingerprint density at radius 1 is 1.82 bits per heavy atom. The van der Waals surface area contributed by atoms with Crippen LogP contribution in [0.5, 0.6) is 0 Å². The summed E-state index contributed by atoms with van der Waals surface area (Å²) in [5.74, 6) is -0.852. The normalized spacial score (nSPS) is 22.6. The molecule has 0 amide bonds. The first-order valence-corrected chi connectivity index (χ1v) is 3.76. The van der Waals surface area contributed by atoms with Crippen LogP contribution >= 0.6 is 0 Å². The number of aliphatic carboxylic acids is 1. The summed E-state index contributed by atoms with van der Waals surface area (Å²) in [5, 5.41) is 8.35. The predicted molar refractivity (Wildman–Crippen MR) is 40.4 cm³/mol. The van der Waals surface area contributed by atoms with Crippen molar-refractivity contribution in [3.8, 4) is 0 Å². The summed E-state index contributed by atoms with van der Waals surface area (Å²) >= 11 is 0. The minimum absolute atomic E-state index is 0.269. The van der Waals surface area contributed by atoms with Crippen molar-refractivity contribution in [1.29, 1.82) is 0 Å². The van der Waals surface area contributed by atoms with Gasteiger partial charge >= 0.3 is 5.97 Å². The Morgan fingerprint density at radius 3 is 2.91 bits per heavy atom. The van der Waals surface area contributed by atoms with Crippen LogP contribution in [0.15, 0.2) is 11.6 Å². The van der Waals surface area contributed by atoms with Gasteiger partial charge in [0.05, 0.1) is 6.10 Å². The quantitative estimate of drug-likeness (QED) is 0.624. The molecule has 3 heteroatoms. The molecule has 0 aromatic heterocycles. The van der Waals surface area contributed by atoms with E-state index < -0.39 is 5.97 Å². The maximum Gasteiger partial charge on any atom is 0.328 e. The van der Waals surface area contributed by atoms with Gasteiger partial charge in [-0.25, -0.2) is 4.79 Å². The molecule has 0 aliphatic heterocycles. The lowest BCUT2D eigenvalue weighted by molar-refractivity contribution is -0.131. The molecule has 0 bridgehead atoms. The van der Waals surface area contributed by atoms with Crippen LogP contribution in [0.25, 0.3) is 0 Å². The molecule has 0 aromatic carbocycles. The molecule has 1 rings (SSSR count). The van der Waals surface area contributed by atoms with Crippen LogP contribution in [0.2, 0.25) is 0 Å². The van der Waals surface area contributed by atoms with E-state index in [9.17, 15) is 4.79 Å². The molecule has 0 heterocycles. The van der Waals surface area contributed by atoms with E-state index in [-0.39, 0.29) is 6.10 Å². The van der Waals surface area contributed by atoms with Crippen molar-refractivity contribution in [2.45, 2.75) is 25.9 Å². The summed E-state index contributed by atoms with van der Waals surface area (Å²) in [6, 6.07) is 0. The number of carboxylic acids is 1. The third-order valence-electron chi connectivity index (χ3n) is 1.71. The fourth-order valence-corrected chi connectivity index (χ4v) is 1.17. The molecule has 0 aromatic rings. The highest BCUT2D eigenvalue weighted by Gasteiger charge is 2.23. The first-order chi connectivity index (χ1) is 5.22. The Bertz CT molecular complexity index is 176. The zero-order valence-electron chi connectivity index (χ0n) is 6.54. The van der Waals surface area contributed by atoms with Crippen LogP contribution in [0, 0.1) is 0 Å². The van der Waals surface area contributed by atoms with Gasteiger partial charge in [-0.05, 0) is 19.8 Å². The molecule has 62 valence electrons. The molecule has 1 saturated carbocycles.